The minimum Gasteiger partial charge on any atom is -0.496 e. The Bertz CT molecular complexity index is 713. The SMILES string of the molecule is COc1ccccc1C(=O)NNC(=O)C12CCC(C1)C(C)(C)C2=O. The number of amides is 2. The van der Waals surface area contributed by atoms with Crippen molar-refractivity contribution in [3.63, 3.8) is 0 Å². The number of Topliss-reactive ketones (excluding diaryl/α,β-unsaturated/α-hetero) is 1. The van der Waals surface area contributed by atoms with Crippen molar-refractivity contribution in [2.24, 2.45) is 16.7 Å². The number of hydrogen-bond acceptors (Lipinski definition) is 4. The van der Waals surface area contributed by atoms with Crippen LogP contribution in [0.5, 0.6) is 5.75 Å². The van der Waals surface area contributed by atoms with Crippen molar-refractivity contribution >= 4 is 17.6 Å². The van der Waals surface area contributed by atoms with E-state index < -0.39 is 22.6 Å². The molecule has 0 radical (unpaired) electrons. The van der Waals surface area contributed by atoms with Gasteiger partial charge in [0.1, 0.15) is 11.2 Å². The van der Waals surface area contributed by atoms with Crippen molar-refractivity contribution < 1.29 is 19.1 Å². The summed E-state index contributed by atoms with van der Waals surface area (Å²) >= 11 is 0. The number of rotatable bonds is 3. The average Bonchev–Trinajstić information content (AvgIpc) is 3.11. The van der Waals surface area contributed by atoms with Crippen molar-refractivity contribution in [2.45, 2.75) is 33.1 Å². The third-order valence-corrected chi connectivity index (χ3v) is 5.63. The van der Waals surface area contributed by atoms with Crippen LogP contribution in [0.4, 0.5) is 0 Å². The molecule has 1 aromatic rings. The summed E-state index contributed by atoms with van der Waals surface area (Å²) in [7, 11) is 1.47. The van der Waals surface area contributed by atoms with E-state index in [-0.39, 0.29) is 11.7 Å². The van der Waals surface area contributed by atoms with Crippen LogP contribution in [0, 0.1) is 16.7 Å². The number of para-hydroxylation sites is 1. The lowest BCUT2D eigenvalue weighted by atomic mass is 9.70. The minimum atomic E-state index is -0.998. The molecule has 24 heavy (non-hydrogen) atoms. The molecular formula is C18H22N2O4. The number of carbonyl (C=O) groups is 3. The van der Waals surface area contributed by atoms with Crippen LogP contribution >= 0.6 is 0 Å². The van der Waals surface area contributed by atoms with Crippen LogP contribution in [-0.2, 0) is 9.59 Å². The number of hydrazine groups is 1. The van der Waals surface area contributed by atoms with Gasteiger partial charge in [-0.25, -0.2) is 0 Å². The van der Waals surface area contributed by atoms with Gasteiger partial charge in [0.25, 0.3) is 11.8 Å². The van der Waals surface area contributed by atoms with Crippen molar-refractivity contribution in [3.8, 4) is 5.75 Å². The van der Waals surface area contributed by atoms with Gasteiger partial charge in [0.05, 0.1) is 12.7 Å². The zero-order valence-corrected chi connectivity index (χ0v) is 14.1. The lowest BCUT2D eigenvalue weighted by Gasteiger charge is -2.32. The molecule has 2 atom stereocenters. The van der Waals surface area contributed by atoms with Crippen LogP contribution in [0.15, 0.2) is 24.3 Å². The first-order chi connectivity index (χ1) is 11.3. The Balaban J connectivity index is 1.70. The van der Waals surface area contributed by atoms with E-state index in [1.54, 1.807) is 24.3 Å². The minimum absolute atomic E-state index is 0.0182. The number of nitrogens with one attached hydrogen (secondary N) is 2. The van der Waals surface area contributed by atoms with E-state index in [0.29, 0.717) is 24.2 Å². The Labute approximate surface area is 140 Å². The van der Waals surface area contributed by atoms with E-state index in [9.17, 15) is 14.4 Å². The summed E-state index contributed by atoms with van der Waals surface area (Å²) in [4.78, 5) is 37.6. The summed E-state index contributed by atoms with van der Waals surface area (Å²) in [5.41, 5.74) is 3.70. The topological polar surface area (TPSA) is 84.5 Å². The molecule has 2 unspecified atom stereocenters. The van der Waals surface area contributed by atoms with E-state index in [0.717, 1.165) is 6.42 Å². The van der Waals surface area contributed by atoms with Gasteiger partial charge in [0.15, 0.2) is 5.78 Å². The molecule has 0 spiro atoms. The third-order valence-electron chi connectivity index (χ3n) is 5.63. The maximum atomic E-state index is 12.7. The van der Waals surface area contributed by atoms with E-state index >= 15 is 0 Å². The Morgan fingerprint density at radius 2 is 1.92 bits per heavy atom. The molecular weight excluding hydrogens is 308 g/mol. The van der Waals surface area contributed by atoms with Gasteiger partial charge in [-0.2, -0.15) is 0 Å². The Morgan fingerprint density at radius 3 is 2.54 bits per heavy atom. The molecule has 1 aromatic carbocycles. The van der Waals surface area contributed by atoms with Gasteiger partial charge in [-0.05, 0) is 37.3 Å². The number of hydrogen-bond donors (Lipinski definition) is 2. The average molecular weight is 330 g/mol. The van der Waals surface area contributed by atoms with E-state index in [4.69, 9.17) is 4.74 Å². The van der Waals surface area contributed by atoms with Crippen LogP contribution in [0.25, 0.3) is 0 Å². The monoisotopic (exact) mass is 330 g/mol. The summed E-state index contributed by atoms with van der Waals surface area (Å²) in [6.07, 6.45) is 1.98. The number of ketones is 1. The number of fused-ring (bicyclic) bond motifs is 2. The predicted molar refractivity (Wildman–Crippen MR) is 87.2 cm³/mol. The van der Waals surface area contributed by atoms with Gasteiger partial charge in [0.2, 0.25) is 0 Å². The van der Waals surface area contributed by atoms with Crippen molar-refractivity contribution in [3.05, 3.63) is 29.8 Å². The van der Waals surface area contributed by atoms with Crippen LogP contribution in [-0.4, -0.2) is 24.7 Å². The fraction of sp³-hybridized carbons (Fsp3) is 0.500. The molecule has 0 aromatic heterocycles. The van der Waals surface area contributed by atoms with E-state index in [2.05, 4.69) is 10.9 Å². The highest BCUT2D eigenvalue weighted by molar-refractivity contribution is 6.11. The molecule has 3 rings (SSSR count). The zero-order valence-electron chi connectivity index (χ0n) is 14.1. The standard InChI is InChI=1S/C18H22N2O4/c1-17(2)11-8-9-18(10-11,15(17)22)16(23)20-19-14(21)12-6-4-5-7-13(12)24-3/h4-7,11H,8-10H2,1-3H3,(H,19,21)(H,20,23). The Hall–Kier alpha value is -2.37. The smallest absolute Gasteiger partial charge is 0.273 e. The van der Waals surface area contributed by atoms with Gasteiger partial charge in [-0.3, -0.25) is 25.2 Å². The zero-order chi connectivity index (χ0) is 17.5. The first kappa shape index (κ1) is 16.5. The molecule has 128 valence electrons. The maximum absolute atomic E-state index is 12.7. The summed E-state index contributed by atoms with van der Waals surface area (Å²) in [6, 6.07) is 6.74. The largest absolute Gasteiger partial charge is 0.496 e. The van der Waals surface area contributed by atoms with Crippen molar-refractivity contribution in [1.82, 2.24) is 10.9 Å². The molecule has 6 heteroatoms. The van der Waals surface area contributed by atoms with Crippen LogP contribution in [0.3, 0.4) is 0 Å². The second-order valence-electron chi connectivity index (χ2n) is 7.18. The lowest BCUT2D eigenvalue weighted by Crippen LogP contribution is -2.52. The van der Waals surface area contributed by atoms with Crippen LogP contribution in [0.1, 0.15) is 43.5 Å². The summed E-state index contributed by atoms with van der Waals surface area (Å²) in [5, 5.41) is 0. The highest BCUT2D eigenvalue weighted by Crippen LogP contribution is 2.60. The third kappa shape index (κ3) is 2.28. The molecule has 2 amide bonds. The molecule has 2 saturated carbocycles. The molecule has 2 aliphatic carbocycles. The fourth-order valence-corrected chi connectivity index (χ4v) is 4.11. The summed E-state index contributed by atoms with van der Waals surface area (Å²) in [5.74, 6) is -0.252. The first-order valence-electron chi connectivity index (χ1n) is 8.11. The maximum Gasteiger partial charge on any atom is 0.273 e. The molecule has 2 N–H and O–H groups in total. The molecule has 0 heterocycles. The van der Waals surface area contributed by atoms with Crippen LogP contribution < -0.4 is 15.6 Å². The predicted octanol–water partition coefficient (Wildman–Crippen LogP) is 1.85. The van der Waals surface area contributed by atoms with Crippen molar-refractivity contribution in [1.29, 1.82) is 0 Å². The van der Waals surface area contributed by atoms with Gasteiger partial charge < -0.3 is 4.74 Å². The Morgan fingerprint density at radius 1 is 1.21 bits per heavy atom. The Kier molecular flexibility index (Phi) is 3.86. The number of methoxy groups -OCH3 is 1. The molecule has 0 aliphatic heterocycles. The second-order valence-corrected chi connectivity index (χ2v) is 7.18. The van der Waals surface area contributed by atoms with E-state index in [1.807, 2.05) is 13.8 Å². The molecule has 2 bridgehead atoms. The molecule has 6 nitrogen and oxygen atoms in total. The first-order valence-corrected chi connectivity index (χ1v) is 8.11. The lowest BCUT2D eigenvalue weighted by molar-refractivity contribution is -0.145. The number of benzene rings is 1. The fourth-order valence-electron chi connectivity index (χ4n) is 4.11. The normalized spacial score (nSPS) is 27.0. The highest BCUT2D eigenvalue weighted by Gasteiger charge is 2.65. The van der Waals surface area contributed by atoms with Gasteiger partial charge in [-0.15, -0.1) is 0 Å². The van der Waals surface area contributed by atoms with Gasteiger partial charge in [-0.1, -0.05) is 26.0 Å². The molecule has 2 aliphatic rings. The van der Waals surface area contributed by atoms with Gasteiger partial charge >= 0.3 is 0 Å². The van der Waals surface area contributed by atoms with Crippen LogP contribution in [0.2, 0.25) is 0 Å². The summed E-state index contributed by atoms with van der Waals surface area (Å²) in [6.45, 7) is 3.81. The highest BCUT2D eigenvalue weighted by atomic mass is 16.5. The number of carbonyl (C=O) groups excluding carboxylic acids is 3. The van der Waals surface area contributed by atoms with E-state index in [1.165, 1.54) is 7.11 Å². The summed E-state index contributed by atoms with van der Waals surface area (Å²) < 4.78 is 5.14. The number of ether oxygens (including phenoxy) is 1. The molecule has 0 saturated heterocycles. The second kappa shape index (κ2) is 5.61. The van der Waals surface area contributed by atoms with Crippen molar-refractivity contribution in [2.75, 3.05) is 7.11 Å². The molecule has 2 fully saturated rings. The van der Waals surface area contributed by atoms with Gasteiger partial charge in [0, 0.05) is 5.41 Å². The quantitative estimate of drug-likeness (QED) is 0.654.